The lowest BCUT2D eigenvalue weighted by molar-refractivity contribution is 0.102. The van der Waals surface area contributed by atoms with Crippen LogP contribution < -0.4 is 15.5 Å². The molecule has 3 aromatic rings. The highest BCUT2D eigenvalue weighted by Crippen LogP contribution is 2.28. The van der Waals surface area contributed by atoms with E-state index in [1.165, 1.54) is 12.6 Å². The number of nitrogens with one attached hydrogen (secondary N) is 2. The Balaban J connectivity index is 1.48. The SMILES string of the molecule is O=C(Nc1cnccc1N1CCCCC1)c1ccnc(Nc2ccc(CF)cn2)c1. The Morgan fingerprint density at radius 1 is 1.00 bits per heavy atom. The van der Waals surface area contributed by atoms with E-state index in [1.54, 1.807) is 42.9 Å². The molecule has 0 atom stereocenters. The van der Waals surface area contributed by atoms with Crippen LogP contribution >= 0.6 is 0 Å². The second-order valence-electron chi connectivity index (χ2n) is 7.13. The first kappa shape index (κ1) is 19.8. The molecule has 1 fully saturated rings. The van der Waals surface area contributed by atoms with Crippen LogP contribution in [0, 0.1) is 0 Å². The van der Waals surface area contributed by atoms with E-state index in [0.29, 0.717) is 28.5 Å². The predicted octanol–water partition coefficient (Wildman–Crippen LogP) is 4.33. The highest BCUT2D eigenvalue weighted by molar-refractivity contribution is 6.06. The molecule has 4 heterocycles. The summed E-state index contributed by atoms with van der Waals surface area (Å²) in [5, 5.41) is 6.01. The molecule has 1 amide bonds. The average Bonchev–Trinajstić information content (AvgIpc) is 2.81. The first-order chi connectivity index (χ1) is 14.7. The molecule has 3 aromatic heterocycles. The van der Waals surface area contributed by atoms with E-state index in [4.69, 9.17) is 0 Å². The molecule has 0 spiro atoms. The van der Waals surface area contributed by atoms with E-state index in [9.17, 15) is 9.18 Å². The maximum absolute atomic E-state index is 12.9. The molecule has 7 nitrogen and oxygen atoms in total. The number of aromatic nitrogens is 3. The fourth-order valence-electron chi connectivity index (χ4n) is 3.44. The molecule has 0 bridgehead atoms. The Morgan fingerprint density at radius 2 is 1.87 bits per heavy atom. The first-order valence-corrected chi connectivity index (χ1v) is 9.97. The van der Waals surface area contributed by atoms with Gasteiger partial charge in [0.25, 0.3) is 5.91 Å². The van der Waals surface area contributed by atoms with Gasteiger partial charge in [0, 0.05) is 42.8 Å². The molecule has 0 aromatic carbocycles. The average molecular weight is 406 g/mol. The molecule has 1 aliphatic heterocycles. The van der Waals surface area contributed by atoms with E-state index in [0.717, 1.165) is 31.6 Å². The number of piperidine rings is 1. The molecule has 2 N–H and O–H groups in total. The van der Waals surface area contributed by atoms with Crippen molar-refractivity contribution in [3.8, 4) is 0 Å². The molecular weight excluding hydrogens is 383 g/mol. The van der Waals surface area contributed by atoms with E-state index >= 15 is 0 Å². The molecule has 0 unspecified atom stereocenters. The molecule has 8 heteroatoms. The number of carbonyl (C=O) groups is 1. The van der Waals surface area contributed by atoms with Crippen molar-refractivity contribution in [1.29, 1.82) is 0 Å². The maximum atomic E-state index is 12.9. The molecule has 0 aliphatic carbocycles. The minimum atomic E-state index is -0.561. The zero-order valence-electron chi connectivity index (χ0n) is 16.5. The van der Waals surface area contributed by atoms with Crippen molar-refractivity contribution in [3.05, 3.63) is 66.2 Å². The third kappa shape index (κ3) is 4.71. The monoisotopic (exact) mass is 406 g/mol. The Kier molecular flexibility index (Phi) is 6.12. The number of nitrogens with zero attached hydrogens (tertiary/aromatic N) is 4. The van der Waals surface area contributed by atoms with Crippen molar-refractivity contribution >= 4 is 28.9 Å². The van der Waals surface area contributed by atoms with E-state index in [-0.39, 0.29) is 5.91 Å². The topological polar surface area (TPSA) is 83.0 Å². The third-order valence-corrected chi connectivity index (χ3v) is 5.00. The summed E-state index contributed by atoms with van der Waals surface area (Å²) in [6.07, 6.45) is 9.98. The number of carbonyl (C=O) groups excluding carboxylic acids is 1. The van der Waals surface area contributed by atoms with Crippen LogP contribution in [0.5, 0.6) is 0 Å². The van der Waals surface area contributed by atoms with Crippen LogP contribution in [0.2, 0.25) is 0 Å². The molecule has 0 saturated carbocycles. The van der Waals surface area contributed by atoms with Crippen molar-refractivity contribution in [3.63, 3.8) is 0 Å². The van der Waals surface area contributed by atoms with Crippen LogP contribution in [-0.2, 0) is 6.67 Å². The van der Waals surface area contributed by atoms with Crippen LogP contribution in [0.25, 0.3) is 0 Å². The molecule has 0 radical (unpaired) electrons. The Hall–Kier alpha value is -3.55. The summed E-state index contributed by atoms with van der Waals surface area (Å²) in [7, 11) is 0. The number of hydrogen-bond donors (Lipinski definition) is 2. The summed E-state index contributed by atoms with van der Waals surface area (Å²) < 4.78 is 12.6. The van der Waals surface area contributed by atoms with Gasteiger partial charge in [-0.1, -0.05) is 6.07 Å². The van der Waals surface area contributed by atoms with Crippen LogP contribution in [0.3, 0.4) is 0 Å². The van der Waals surface area contributed by atoms with E-state index < -0.39 is 6.67 Å². The Labute approximate surface area is 174 Å². The summed E-state index contributed by atoms with van der Waals surface area (Å²) in [6, 6.07) is 8.56. The van der Waals surface area contributed by atoms with Crippen molar-refractivity contribution in [2.75, 3.05) is 28.6 Å². The number of anilines is 4. The molecule has 154 valence electrons. The molecule has 30 heavy (non-hydrogen) atoms. The largest absolute Gasteiger partial charge is 0.370 e. The van der Waals surface area contributed by atoms with E-state index in [2.05, 4.69) is 30.5 Å². The van der Waals surface area contributed by atoms with Gasteiger partial charge in [0.05, 0.1) is 17.6 Å². The molecular formula is C22H23FN6O. The van der Waals surface area contributed by atoms with Gasteiger partial charge in [0.2, 0.25) is 0 Å². The second-order valence-corrected chi connectivity index (χ2v) is 7.13. The second kappa shape index (κ2) is 9.30. The molecule has 1 saturated heterocycles. The Morgan fingerprint density at radius 3 is 2.63 bits per heavy atom. The smallest absolute Gasteiger partial charge is 0.255 e. The summed E-state index contributed by atoms with van der Waals surface area (Å²) in [5.74, 6) is 0.759. The van der Waals surface area contributed by atoms with Crippen molar-refractivity contribution in [2.24, 2.45) is 0 Å². The van der Waals surface area contributed by atoms with Crippen molar-refractivity contribution in [2.45, 2.75) is 25.9 Å². The van der Waals surface area contributed by atoms with Crippen LogP contribution in [0.15, 0.2) is 55.1 Å². The number of halogens is 1. The summed E-state index contributed by atoms with van der Waals surface area (Å²) in [6.45, 7) is 1.39. The minimum Gasteiger partial charge on any atom is -0.370 e. The van der Waals surface area contributed by atoms with Crippen molar-refractivity contribution < 1.29 is 9.18 Å². The van der Waals surface area contributed by atoms with Gasteiger partial charge in [-0.15, -0.1) is 0 Å². The summed E-state index contributed by atoms with van der Waals surface area (Å²) in [4.78, 5) is 27.7. The zero-order valence-corrected chi connectivity index (χ0v) is 16.5. The highest BCUT2D eigenvalue weighted by Gasteiger charge is 2.17. The number of hydrogen-bond acceptors (Lipinski definition) is 6. The van der Waals surface area contributed by atoms with Gasteiger partial charge in [-0.2, -0.15) is 0 Å². The van der Waals surface area contributed by atoms with E-state index in [1.807, 2.05) is 6.07 Å². The molecule has 1 aliphatic rings. The summed E-state index contributed by atoms with van der Waals surface area (Å²) in [5.41, 5.74) is 2.64. The van der Waals surface area contributed by atoms with Crippen molar-refractivity contribution in [1.82, 2.24) is 15.0 Å². The third-order valence-electron chi connectivity index (χ3n) is 5.00. The van der Waals surface area contributed by atoms with Gasteiger partial charge in [-0.25, -0.2) is 14.4 Å². The number of amides is 1. The van der Waals surface area contributed by atoms with Gasteiger partial charge in [0.1, 0.15) is 18.3 Å². The maximum Gasteiger partial charge on any atom is 0.255 e. The predicted molar refractivity (Wildman–Crippen MR) is 115 cm³/mol. The van der Waals surface area contributed by atoms with Gasteiger partial charge < -0.3 is 15.5 Å². The lowest BCUT2D eigenvalue weighted by Crippen LogP contribution is -2.30. The number of alkyl halides is 1. The Bertz CT molecular complexity index is 1000. The van der Waals surface area contributed by atoms with Gasteiger partial charge >= 0.3 is 0 Å². The van der Waals surface area contributed by atoms with Gasteiger partial charge in [-0.05, 0) is 43.5 Å². The minimum absolute atomic E-state index is 0.243. The van der Waals surface area contributed by atoms with Crippen LogP contribution in [0.1, 0.15) is 35.2 Å². The number of rotatable bonds is 6. The fraction of sp³-hybridized carbons (Fsp3) is 0.273. The van der Waals surface area contributed by atoms with Gasteiger partial charge in [-0.3, -0.25) is 9.78 Å². The first-order valence-electron chi connectivity index (χ1n) is 9.97. The lowest BCUT2D eigenvalue weighted by Gasteiger charge is -2.30. The number of pyridine rings is 3. The quantitative estimate of drug-likeness (QED) is 0.634. The fourth-order valence-corrected chi connectivity index (χ4v) is 3.44. The lowest BCUT2D eigenvalue weighted by atomic mass is 10.1. The molecule has 4 rings (SSSR count). The van der Waals surface area contributed by atoms with Crippen LogP contribution in [0.4, 0.5) is 27.4 Å². The van der Waals surface area contributed by atoms with Crippen LogP contribution in [-0.4, -0.2) is 33.9 Å². The zero-order chi connectivity index (χ0) is 20.8. The normalized spacial score (nSPS) is 13.7. The van der Waals surface area contributed by atoms with Gasteiger partial charge in [0.15, 0.2) is 0 Å². The summed E-state index contributed by atoms with van der Waals surface area (Å²) >= 11 is 0. The highest BCUT2D eigenvalue weighted by atomic mass is 19.1. The standard InChI is InChI=1S/C22H23FN6O/c23-13-16-4-5-20(26-14-16)28-21-12-17(6-9-25-21)22(30)27-18-15-24-8-7-19(18)29-10-2-1-3-11-29/h4-9,12,14-15H,1-3,10-11,13H2,(H,27,30)(H,25,26,28).